The number of rotatable bonds is 3. The summed E-state index contributed by atoms with van der Waals surface area (Å²) in [5.74, 6) is 0.800. The second kappa shape index (κ2) is 7.36. The molecule has 2 rings (SSSR count). The monoisotopic (exact) mass is 284 g/mol. The molecule has 0 aromatic heterocycles. The molecule has 0 aliphatic carbocycles. The number of piperazine rings is 1. The molecule has 1 aliphatic heterocycles. The van der Waals surface area contributed by atoms with Gasteiger partial charge in [0, 0.05) is 25.7 Å². The van der Waals surface area contributed by atoms with Crippen molar-refractivity contribution in [3.8, 4) is 5.75 Å². The van der Waals surface area contributed by atoms with Gasteiger partial charge in [-0.15, -0.1) is 12.4 Å². The lowest BCUT2D eigenvalue weighted by Gasteiger charge is -2.35. The van der Waals surface area contributed by atoms with Crippen LogP contribution >= 0.6 is 12.4 Å². The number of nitrogens with one attached hydrogen (secondary N) is 1. The zero-order chi connectivity index (χ0) is 13.0. The highest BCUT2D eigenvalue weighted by atomic mass is 35.5. The fourth-order valence-corrected chi connectivity index (χ4v) is 2.16. The van der Waals surface area contributed by atoms with Crippen molar-refractivity contribution in [2.45, 2.75) is 26.0 Å². The first-order chi connectivity index (χ1) is 8.68. The largest absolute Gasteiger partial charge is 0.481 e. The Bertz CT molecular complexity index is 400. The van der Waals surface area contributed by atoms with Crippen molar-refractivity contribution < 1.29 is 9.53 Å². The Labute approximate surface area is 120 Å². The molecule has 1 aromatic carbocycles. The van der Waals surface area contributed by atoms with Crippen LogP contribution in [0.4, 0.5) is 0 Å². The normalized spacial score (nSPS) is 20.3. The Hall–Kier alpha value is -1.26. The maximum Gasteiger partial charge on any atom is 0.263 e. The number of nitrogens with zero attached hydrogens (tertiary/aromatic N) is 1. The van der Waals surface area contributed by atoms with E-state index in [1.165, 1.54) is 0 Å². The summed E-state index contributed by atoms with van der Waals surface area (Å²) in [6.07, 6.45) is -0.437. The van der Waals surface area contributed by atoms with Gasteiger partial charge in [0.1, 0.15) is 5.75 Å². The van der Waals surface area contributed by atoms with Crippen LogP contribution in [0.2, 0.25) is 0 Å². The smallest absolute Gasteiger partial charge is 0.263 e. The van der Waals surface area contributed by atoms with Crippen molar-refractivity contribution in [2.24, 2.45) is 0 Å². The van der Waals surface area contributed by atoms with E-state index in [2.05, 4.69) is 12.2 Å². The van der Waals surface area contributed by atoms with E-state index in [1.54, 1.807) is 0 Å². The van der Waals surface area contributed by atoms with Crippen LogP contribution in [0.3, 0.4) is 0 Å². The number of halogens is 1. The van der Waals surface area contributed by atoms with Crippen LogP contribution in [-0.4, -0.2) is 42.6 Å². The SMILES string of the molecule is CC(Oc1ccccc1)C(=O)N1CCNCC1C.Cl. The first kappa shape index (κ1) is 15.8. The number of ether oxygens (including phenoxy) is 1. The van der Waals surface area contributed by atoms with Gasteiger partial charge in [-0.2, -0.15) is 0 Å². The lowest BCUT2D eigenvalue weighted by Crippen LogP contribution is -2.55. The number of amides is 1. The number of benzene rings is 1. The van der Waals surface area contributed by atoms with E-state index in [0.29, 0.717) is 0 Å². The van der Waals surface area contributed by atoms with Gasteiger partial charge in [-0.1, -0.05) is 18.2 Å². The van der Waals surface area contributed by atoms with E-state index >= 15 is 0 Å². The van der Waals surface area contributed by atoms with E-state index in [4.69, 9.17) is 4.74 Å². The van der Waals surface area contributed by atoms with Gasteiger partial charge < -0.3 is 15.0 Å². The van der Waals surface area contributed by atoms with Crippen molar-refractivity contribution in [2.75, 3.05) is 19.6 Å². The fourth-order valence-electron chi connectivity index (χ4n) is 2.16. The molecule has 1 amide bonds. The first-order valence-electron chi connectivity index (χ1n) is 6.41. The van der Waals surface area contributed by atoms with Crippen LogP contribution in [0.5, 0.6) is 5.75 Å². The lowest BCUT2D eigenvalue weighted by atomic mass is 10.2. The van der Waals surface area contributed by atoms with Gasteiger partial charge in [-0.05, 0) is 26.0 Å². The minimum Gasteiger partial charge on any atom is -0.481 e. The standard InChI is InChI=1S/C14H20N2O2.ClH/c1-11-10-15-8-9-16(11)14(17)12(2)18-13-6-4-3-5-7-13;/h3-7,11-12,15H,8-10H2,1-2H3;1H. The summed E-state index contributed by atoms with van der Waals surface area (Å²) in [5, 5.41) is 3.27. The molecule has 1 aliphatic rings. The Kier molecular flexibility index (Phi) is 6.12. The molecule has 5 heteroatoms. The predicted molar refractivity (Wildman–Crippen MR) is 77.8 cm³/mol. The van der Waals surface area contributed by atoms with E-state index < -0.39 is 6.10 Å². The van der Waals surface area contributed by atoms with Gasteiger partial charge in [-0.3, -0.25) is 4.79 Å². The molecule has 2 atom stereocenters. The van der Waals surface area contributed by atoms with Crippen LogP contribution in [0.25, 0.3) is 0 Å². The maximum absolute atomic E-state index is 12.3. The molecule has 0 saturated carbocycles. The molecule has 1 aromatic rings. The van der Waals surface area contributed by atoms with Crippen LogP contribution in [-0.2, 0) is 4.79 Å². The first-order valence-corrected chi connectivity index (χ1v) is 6.41. The highest BCUT2D eigenvalue weighted by molar-refractivity contribution is 5.85. The molecule has 106 valence electrons. The third kappa shape index (κ3) is 4.11. The number of carbonyl (C=O) groups is 1. The number of hydrogen-bond acceptors (Lipinski definition) is 3. The Morgan fingerprint density at radius 3 is 2.74 bits per heavy atom. The van der Waals surface area contributed by atoms with Gasteiger partial charge in [0.2, 0.25) is 0 Å². The molecular formula is C14H21ClN2O2. The molecule has 4 nitrogen and oxygen atoms in total. The highest BCUT2D eigenvalue weighted by Gasteiger charge is 2.27. The topological polar surface area (TPSA) is 41.6 Å². The zero-order valence-electron chi connectivity index (χ0n) is 11.3. The summed E-state index contributed by atoms with van der Waals surface area (Å²) in [4.78, 5) is 14.2. The van der Waals surface area contributed by atoms with E-state index in [9.17, 15) is 4.79 Å². The number of para-hydroxylation sites is 1. The van der Waals surface area contributed by atoms with Crippen molar-refractivity contribution in [3.05, 3.63) is 30.3 Å². The Balaban J connectivity index is 0.00000180. The van der Waals surface area contributed by atoms with Crippen molar-refractivity contribution >= 4 is 18.3 Å². The summed E-state index contributed by atoms with van der Waals surface area (Å²) >= 11 is 0. The summed E-state index contributed by atoms with van der Waals surface area (Å²) in [7, 11) is 0. The quantitative estimate of drug-likeness (QED) is 0.918. The molecule has 1 fully saturated rings. The summed E-state index contributed by atoms with van der Waals surface area (Å²) in [5.41, 5.74) is 0. The van der Waals surface area contributed by atoms with Crippen LogP contribution in [0, 0.1) is 0 Å². The van der Waals surface area contributed by atoms with Gasteiger partial charge in [0.25, 0.3) is 5.91 Å². The molecule has 1 saturated heterocycles. The summed E-state index contributed by atoms with van der Waals surface area (Å²) in [6, 6.07) is 9.70. The average Bonchev–Trinajstić information content (AvgIpc) is 2.39. The van der Waals surface area contributed by atoms with Gasteiger partial charge in [-0.25, -0.2) is 0 Å². The third-order valence-corrected chi connectivity index (χ3v) is 3.19. The minimum absolute atomic E-state index is 0. The molecule has 0 radical (unpaired) electrons. The summed E-state index contributed by atoms with van der Waals surface area (Å²) < 4.78 is 5.67. The zero-order valence-corrected chi connectivity index (χ0v) is 12.2. The minimum atomic E-state index is -0.437. The van der Waals surface area contributed by atoms with Crippen LogP contribution in [0.1, 0.15) is 13.8 Å². The van der Waals surface area contributed by atoms with Crippen molar-refractivity contribution in [1.29, 1.82) is 0 Å². The molecule has 2 unspecified atom stereocenters. The molecule has 1 heterocycles. The summed E-state index contributed by atoms with van der Waals surface area (Å²) in [6.45, 7) is 6.32. The lowest BCUT2D eigenvalue weighted by molar-refractivity contribution is -0.140. The molecular weight excluding hydrogens is 264 g/mol. The Morgan fingerprint density at radius 1 is 1.42 bits per heavy atom. The van der Waals surface area contributed by atoms with Crippen molar-refractivity contribution in [1.82, 2.24) is 10.2 Å². The van der Waals surface area contributed by atoms with Crippen LogP contribution in [0.15, 0.2) is 30.3 Å². The van der Waals surface area contributed by atoms with Crippen LogP contribution < -0.4 is 10.1 Å². The molecule has 0 bridgehead atoms. The molecule has 1 N–H and O–H groups in total. The van der Waals surface area contributed by atoms with Gasteiger partial charge >= 0.3 is 0 Å². The van der Waals surface area contributed by atoms with E-state index in [1.807, 2.05) is 42.2 Å². The third-order valence-electron chi connectivity index (χ3n) is 3.19. The highest BCUT2D eigenvalue weighted by Crippen LogP contribution is 2.13. The Morgan fingerprint density at radius 2 is 2.11 bits per heavy atom. The van der Waals surface area contributed by atoms with E-state index in [-0.39, 0.29) is 24.4 Å². The molecule has 19 heavy (non-hydrogen) atoms. The average molecular weight is 285 g/mol. The second-order valence-electron chi connectivity index (χ2n) is 4.66. The number of carbonyl (C=O) groups excluding carboxylic acids is 1. The van der Waals surface area contributed by atoms with Gasteiger partial charge in [0.15, 0.2) is 6.10 Å². The van der Waals surface area contributed by atoms with E-state index in [0.717, 1.165) is 25.4 Å². The number of hydrogen-bond donors (Lipinski definition) is 1. The predicted octanol–water partition coefficient (Wildman–Crippen LogP) is 1.70. The second-order valence-corrected chi connectivity index (χ2v) is 4.66. The van der Waals surface area contributed by atoms with Gasteiger partial charge in [0.05, 0.1) is 0 Å². The molecule has 0 spiro atoms. The maximum atomic E-state index is 12.3. The fraction of sp³-hybridized carbons (Fsp3) is 0.500. The van der Waals surface area contributed by atoms with Crippen molar-refractivity contribution in [3.63, 3.8) is 0 Å².